The molecule has 0 unspecified atom stereocenters. The summed E-state index contributed by atoms with van der Waals surface area (Å²) in [7, 11) is 0. The summed E-state index contributed by atoms with van der Waals surface area (Å²) in [4.78, 5) is 23.7. The largest absolute Gasteiger partial charge is 0.381 e. The maximum Gasteiger partial charge on any atom is 0.232 e. The van der Waals surface area contributed by atoms with Gasteiger partial charge in [0.25, 0.3) is 0 Å². The summed E-state index contributed by atoms with van der Waals surface area (Å²) in [6, 6.07) is 4.95. The topological polar surface area (TPSA) is 93.5 Å². The van der Waals surface area contributed by atoms with E-state index in [2.05, 4.69) is 10.6 Å². The van der Waals surface area contributed by atoms with Gasteiger partial charge in [-0.3, -0.25) is 9.59 Å². The average Bonchev–Trinajstić information content (AvgIpc) is 2.50. The van der Waals surface area contributed by atoms with E-state index >= 15 is 0 Å². The monoisotopic (exact) mass is 361 g/mol. The molecule has 0 spiro atoms. The van der Waals surface area contributed by atoms with Crippen molar-refractivity contribution in [2.45, 2.75) is 19.8 Å². The number of nitrogens with one attached hydrogen (secondary N) is 2. The molecule has 0 aliphatic carbocycles. The molecule has 1 fully saturated rings. The summed E-state index contributed by atoms with van der Waals surface area (Å²) in [5.41, 5.74) is 6.24. The number of anilines is 2. The predicted octanol–water partition coefficient (Wildman–Crippen LogP) is 2.41. The van der Waals surface area contributed by atoms with Crippen LogP contribution in [0.25, 0.3) is 0 Å². The third-order valence-electron chi connectivity index (χ3n) is 3.86. The second-order valence-corrected chi connectivity index (χ2v) is 5.83. The van der Waals surface area contributed by atoms with Crippen LogP contribution < -0.4 is 16.4 Å². The van der Waals surface area contributed by atoms with Crippen LogP contribution in [0, 0.1) is 5.41 Å². The van der Waals surface area contributed by atoms with Gasteiger partial charge in [0.05, 0.1) is 16.1 Å². The van der Waals surface area contributed by atoms with Gasteiger partial charge in [0.15, 0.2) is 0 Å². The summed E-state index contributed by atoms with van der Waals surface area (Å²) in [5, 5.41) is 5.89. The minimum absolute atomic E-state index is 0. The highest BCUT2D eigenvalue weighted by molar-refractivity contribution is 6.33. The zero-order valence-corrected chi connectivity index (χ0v) is 14.4. The molecule has 1 heterocycles. The van der Waals surface area contributed by atoms with E-state index in [1.54, 1.807) is 18.2 Å². The molecule has 2 rings (SSSR count). The number of halogens is 2. The van der Waals surface area contributed by atoms with Gasteiger partial charge < -0.3 is 21.1 Å². The van der Waals surface area contributed by atoms with Crippen LogP contribution in [0.5, 0.6) is 0 Å². The molecule has 1 aromatic rings. The average molecular weight is 362 g/mol. The van der Waals surface area contributed by atoms with Crippen molar-refractivity contribution in [3.8, 4) is 0 Å². The smallest absolute Gasteiger partial charge is 0.232 e. The molecular formula is C15H21Cl2N3O3. The molecule has 1 aliphatic heterocycles. The first-order valence-electron chi connectivity index (χ1n) is 7.13. The molecule has 8 heteroatoms. The third kappa shape index (κ3) is 4.81. The van der Waals surface area contributed by atoms with E-state index in [0.29, 0.717) is 42.5 Å². The van der Waals surface area contributed by atoms with E-state index in [9.17, 15) is 9.59 Å². The summed E-state index contributed by atoms with van der Waals surface area (Å²) in [5.74, 6) is -0.359. The third-order valence-corrected chi connectivity index (χ3v) is 4.19. The van der Waals surface area contributed by atoms with E-state index in [0.717, 1.165) is 0 Å². The van der Waals surface area contributed by atoms with Gasteiger partial charge >= 0.3 is 0 Å². The van der Waals surface area contributed by atoms with Gasteiger partial charge in [-0.25, -0.2) is 0 Å². The van der Waals surface area contributed by atoms with Gasteiger partial charge in [-0.2, -0.15) is 0 Å². The molecule has 0 aromatic heterocycles. The summed E-state index contributed by atoms with van der Waals surface area (Å²) in [6.45, 7) is 2.73. The van der Waals surface area contributed by atoms with E-state index in [1.807, 2.05) is 0 Å². The highest BCUT2D eigenvalue weighted by atomic mass is 35.5. The Kier molecular flexibility index (Phi) is 7.28. The first kappa shape index (κ1) is 19.7. The van der Waals surface area contributed by atoms with Crippen LogP contribution in [0.15, 0.2) is 18.2 Å². The molecule has 4 N–H and O–H groups in total. The number of ether oxygens (including phenoxy) is 1. The Morgan fingerprint density at radius 2 is 1.96 bits per heavy atom. The lowest BCUT2D eigenvalue weighted by molar-refractivity contribution is -0.130. The Bertz CT molecular complexity index is 575. The Morgan fingerprint density at radius 1 is 1.30 bits per heavy atom. The van der Waals surface area contributed by atoms with Crippen LogP contribution >= 0.6 is 24.0 Å². The van der Waals surface area contributed by atoms with Crippen LogP contribution in [0.3, 0.4) is 0 Å². The van der Waals surface area contributed by atoms with Crippen molar-refractivity contribution in [2.75, 3.05) is 30.4 Å². The number of amides is 2. The lowest BCUT2D eigenvalue weighted by atomic mass is 9.79. The summed E-state index contributed by atoms with van der Waals surface area (Å²) < 4.78 is 5.31. The molecule has 2 amide bonds. The predicted molar refractivity (Wildman–Crippen MR) is 93.2 cm³/mol. The highest BCUT2D eigenvalue weighted by Crippen LogP contribution is 2.32. The number of hydrogen-bond acceptors (Lipinski definition) is 4. The summed E-state index contributed by atoms with van der Waals surface area (Å²) in [6.07, 6.45) is 1.20. The fraction of sp³-hybridized carbons (Fsp3) is 0.467. The normalized spacial score (nSPS) is 16.1. The Morgan fingerprint density at radius 3 is 2.52 bits per heavy atom. The zero-order chi connectivity index (χ0) is 16.2. The Hall–Kier alpha value is -1.34. The molecule has 0 saturated carbocycles. The molecule has 23 heavy (non-hydrogen) atoms. The van der Waals surface area contributed by atoms with Crippen molar-refractivity contribution in [3.63, 3.8) is 0 Å². The number of carbonyl (C=O) groups is 2. The van der Waals surface area contributed by atoms with Crippen molar-refractivity contribution in [3.05, 3.63) is 23.2 Å². The maximum atomic E-state index is 12.6. The first-order valence-corrected chi connectivity index (χ1v) is 7.51. The molecule has 0 bridgehead atoms. The Balaban J connectivity index is 0.00000264. The molecule has 1 aliphatic rings. The van der Waals surface area contributed by atoms with Gasteiger partial charge in [-0.05, 0) is 31.0 Å². The van der Waals surface area contributed by atoms with Gasteiger partial charge in [0.1, 0.15) is 0 Å². The van der Waals surface area contributed by atoms with Crippen LogP contribution in [-0.4, -0.2) is 31.6 Å². The number of carbonyl (C=O) groups excluding carboxylic acids is 2. The quantitative estimate of drug-likeness (QED) is 0.767. The lowest BCUT2D eigenvalue weighted by Gasteiger charge is -2.34. The second-order valence-electron chi connectivity index (χ2n) is 5.43. The minimum Gasteiger partial charge on any atom is -0.381 e. The standard InChI is InChI=1S/C15H20ClN3O3.ClH/c1-10(20)18-13-8-11(2-3-12(13)16)19-14(21)15(9-17)4-6-22-7-5-15;/h2-3,8H,4-7,9,17H2,1H3,(H,18,20)(H,19,21);1H. The van der Waals surface area contributed by atoms with Crippen LogP contribution in [-0.2, 0) is 14.3 Å². The fourth-order valence-corrected chi connectivity index (χ4v) is 2.60. The molecule has 0 atom stereocenters. The molecule has 0 radical (unpaired) electrons. The van der Waals surface area contributed by atoms with E-state index in [4.69, 9.17) is 22.1 Å². The van der Waals surface area contributed by atoms with Crippen LogP contribution in [0.2, 0.25) is 5.02 Å². The first-order chi connectivity index (χ1) is 10.5. The molecular weight excluding hydrogens is 341 g/mol. The second kappa shape index (κ2) is 8.49. The van der Waals surface area contributed by atoms with Crippen LogP contribution in [0.1, 0.15) is 19.8 Å². The van der Waals surface area contributed by atoms with Gasteiger partial charge in [0, 0.05) is 32.4 Å². The van der Waals surface area contributed by atoms with E-state index < -0.39 is 5.41 Å². The number of hydrogen-bond donors (Lipinski definition) is 3. The zero-order valence-electron chi connectivity index (χ0n) is 12.9. The molecule has 6 nitrogen and oxygen atoms in total. The van der Waals surface area contributed by atoms with Gasteiger partial charge in [0.2, 0.25) is 11.8 Å². The Labute approximate surface area is 146 Å². The lowest BCUT2D eigenvalue weighted by Crippen LogP contribution is -2.46. The van der Waals surface area contributed by atoms with Crippen molar-refractivity contribution in [1.82, 2.24) is 0 Å². The van der Waals surface area contributed by atoms with Crippen molar-refractivity contribution < 1.29 is 14.3 Å². The molecule has 128 valence electrons. The van der Waals surface area contributed by atoms with Crippen molar-refractivity contribution in [2.24, 2.45) is 11.1 Å². The van der Waals surface area contributed by atoms with Crippen molar-refractivity contribution >= 4 is 47.2 Å². The number of benzene rings is 1. The van der Waals surface area contributed by atoms with Gasteiger partial charge in [-0.1, -0.05) is 11.6 Å². The number of rotatable bonds is 4. The van der Waals surface area contributed by atoms with Crippen LogP contribution in [0.4, 0.5) is 11.4 Å². The SMILES string of the molecule is CC(=O)Nc1cc(NC(=O)C2(CN)CCOCC2)ccc1Cl.Cl. The minimum atomic E-state index is -0.605. The fourth-order valence-electron chi connectivity index (χ4n) is 2.44. The van der Waals surface area contributed by atoms with E-state index in [-0.39, 0.29) is 30.8 Å². The van der Waals surface area contributed by atoms with E-state index in [1.165, 1.54) is 6.92 Å². The van der Waals surface area contributed by atoms with Gasteiger partial charge in [-0.15, -0.1) is 12.4 Å². The maximum absolute atomic E-state index is 12.6. The number of nitrogens with two attached hydrogens (primary N) is 1. The highest BCUT2D eigenvalue weighted by Gasteiger charge is 2.38. The summed E-state index contributed by atoms with van der Waals surface area (Å²) >= 11 is 6.02. The molecule has 1 saturated heterocycles. The van der Waals surface area contributed by atoms with Crippen molar-refractivity contribution in [1.29, 1.82) is 0 Å². The molecule has 1 aromatic carbocycles.